The SMILES string of the molecule is COc1ccc(C(=O)NCCCC(=O)O)c(OC)c1OC. The predicted octanol–water partition coefficient (Wildman–Crippen LogP) is 1.31. The zero-order valence-corrected chi connectivity index (χ0v) is 12.3. The maximum atomic E-state index is 12.1. The Labute approximate surface area is 122 Å². The number of carboxylic acids is 1. The summed E-state index contributed by atoms with van der Waals surface area (Å²) >= 11 is 0. The molecule has 0 aliphatic carbocycles. The van der Waals surface area contributed by atoms with E-state index in [0.29, 0.717) is 23.5 Å². The number of aliphatic carboxylic acids is 1. The Morgan fingerprint density at radius 2 is 1.76 bits per heavy atom. The first-order valence-corrected chi connectivity index (χ1v) is 6.34. The summed E-state index contributed by atoms with van der Waals surface area (Å²) in [5.41, 5.74) is 0.297. The highest BCUT2D eigenvalue weighted by Gasteiger charge is 2.20. The van der Waals surface area contributed by atoms with Crippen molar-refractivity contribution >= 4 is 11.9 Å². The van der Waals surface area contributed by atoms with E-state index in [-0.39, 0.29) is 24.6 Å². The number of rotatable bonds is 8. The minimum atomic E-state index is -0.895. The molecular weight excluding hydrogens is 278 g/mol. The van der Waals surface area contributed by atoms with E-state index in [1.165, 1.54) is 21.3 Å². The number of hydrogen-bond acceptors (Lipinski definition) is 5. The van der Waals surface area contributed by atoms with Crippen molar-refractivity contribution in [3.8, 4) is 17.2 Å². The maximum Gasteiger partial charge on any atom is 0.303 e. The van der Waals surface area contributed by atoms with Gasteiger partial charge in [-0.3, -0.25) is 9.59 Å². The number of hydrogen-bond donors (Lipinski definition) is 2. The first-order chi connectivity index (χ1) is 10.0. The third kappa shape index (κ3) is 4.27. The third-order valence-corrected chi connectivity index (χ3v) is 2.80. The molecule has 0 atom stereocenters. The second kappa shape index (κ2) is 7.98. The van der Waals surface area contributed by atoms with Crippen LogP contribution in [-0.2, 0) is 4.79 Å². The Hall–Kier alpha value is -2.44. The molecule has 2 N–H and O–H groups in total. The van der Waals surface area contributed by atoms with Gasteiger partial charge in [-0.15, -0.1) is 0 Å². The molecule has 0 aliphatic rings. The number of benzene rings is 1. The topological polar surface area (TPSA) is 94.1 Å². The number of carbonyl (C=O) groups is 2. The molecule has 7 nitrogen and oxygen atoms in total. The van der Waals surface area contributed by atoms with Gasteiger partial charge in [0.25, 0.3) is 5.91 Å². The van der Waals surface area contributed by atoms with Crippen LogP contribution in [0.3, 0.4) is 0 Å². The van der Waals surface area contributed by atoms with Crippen LogP contribution in [0.15, 0.2) is 12.1 Å². The molecule has 0 saturated heterocycles. The third-order valence-electron chi connectivity index (χ3n) is 2.80. The van der Waals surface area contributed by atoms with Crippen molar-refractivity contribution in [3.05, 3.63) is 17.7 Å². The summed E-state index contributed by atoms with van der Waals surface area (Å²) in [6.45, 7) is 0.267. The van der Waals surface area contributed by atoms with E-state index in [1.54, 1.807) is 12.1 Å². The molecule has 0 heterocycles. The number of methoxy groups -OCH3 is 3. The summed E-state index contributed by atoms with van der Waals surface area (Å²) in [5.74, 6) is -0.200. The molecule has 0 bridgehead atoms. The van der Waals surface area contributed by atoms with E-state index in [1.807, 2.05) is 0 Å². The van der Waals surface area contributed by atoms with Gasteiger partial charge in [-0.25, -0.2) is 0 Å². The number of ether oxygens (including phenoxy) is 3. The summed E-state index contributed by atoms with van der Waals surface area (Å²) in [5, 5.41) is 11.2. The standard InChI is InChI=1S/C14H19NO6/c1-19-10-7-6-9(12(20-2)13(10)21-3)14(18)15-8-4-5-11(16)17/h6-7H,4-5,8H2,1-3H3,(H,15,18)(H,16,17). The van der Waals surface area contributed by atoms with Crippen LogP contribution in [0.5, 0.6) is 17.2 Å². The highest BCUT2D eigenvalue weighted by Crippen LogP contribution is 2.39. The van der Waals surface area contributed by atoms with Crippen LogP contribution in [0.4, 0.5) is 0 Å². The van der Waals surface area contributed by atoms with Crippen LogP contribution in [0.25, 0.3) is 0 Å². The number of amides is 1. The Morgan fingerprint density at radius 1 is 1.10 bits per heavy atom. The van der Waals surface area contributed by atoms with Crippen LogP contribution in [-0.4, -0.2) is 44.9 Å². The lowest BCUT2D eigenvalue weighted by Crippen LogP contribution is -2.25. The molecule has 0 aliphatic heterocycles. The fraction of sp³-hybridized carbons (Fsp3) is 0.429. The summed E-state index contributed by atoms with van der Waals surface area (Å²) < 4.78 is 15.6. The molecule has 1 amide bonds. The van der Waals surface area contributed by atoms with Gasteiger partial charge in [-0.05, 0) is 18.6 Å². The normalized spacial score (nSPS) is 9.86. The minimum Gasteiger partial charge on any atom is -0.493 e. The van der Waals surface area contributed by atoms with E-state index in [0.717, 1.165) is 0 Å². The predicted molar refractivity (Wildman–Crippen MR) is 75.3 cm³/mol. The van der Waals surface area contributed by atoms with Gasteiger partial charge in [0.05, 0.1) is 26.9 Å². The zero-order chi connectivity index (χ0) is 15.8. The van der Waals surface area contributed by atoms with Crippen LogP contribution in [0.2, 0.25) is 0 Å². The van der Waals surface area contributed by atoms with Gasteiger partial charge in [0.15, 0.2) is 11.5 Å². The van der Waals surface area contributed by atoms with Crippen molar-refractivity contribution in [2.45, 2.75) is 12.8 Å². The van der Waals surface area contributed by atoms with Gasteiger partial charge in [-0.2, -0.15) is 0 Å². The van der Waals surface area contributed by atoms with Crippen molar-refractivity contribution < 1.29 is 28.9 Å². The van der Waals surface area contributed by atoms with Gasteiger partial charge in [0, 0.05) is 13.0 Å². The van der Waals surface area contributed by atoms with E-state index in [9.17, 15) is 9.59 Å². The molecule has 0 saturated carbocycles. The van der Waals surface area contributed by atoms with E-state index >= 15 is 0 Å². The second-order valence-electron chi connectivity index (χ2n) is 4.14. The lowest BCUT2D eigenvalue weighted by Gasteiger charge is -2.15. The maximum absolute atomic E-state index is 12.1. The largest absolute Gasteiger partial charge is 0.493 e. The summed E-state index contributed by atoms with van der Waals surface area (Å²) in [7, 11) is 4.37. The quantitative estimate of drug-likeness (QED) is 0.703. The molecule has 0 fully saturated rings. The summed E-state index contributed by atoms with van der Waals surface area (Å²) in [4.78, 5) is 22.5. The average Bonchev–Trinajstić information content (AvgIpc) is 2.49. The molecule has 0 spiro atoms. The molecular formula is C14H19NO6. The van der Waals surface area contributed by atoms with Crippen LogP contribution in [0.1, 0.15) is 23.2 Å². The molecule has 1 aromatic carbocycles. The smallest absolute Gasteiger partial charge is 0.303 e. The monoisotopic (exact) mass is 297 g/mol. The highest BCUT2D eigenvalue weighted by atomic mass is 16.5. The van der Waals surface area contributed by atoms with Crippen LogP contribution in [0, 0.1) is 0 Å². The van der Waals surface area contributed by atoms with Gasteiger partial charge < -0.3 is 24.6 Å². The summed E-state index contributed by atoms with van der Waals surface area (Å²) in [6.07, 6.45) is 0.361. The van der Waals surface area contributed by atoms with Gasteiger partial charge >= 0.3 is 5.97 Å². The number of carbonyl (C=O) groups excluding carboxylic acids is 1. The molecule has 0 aromatic heterocycles. The van der Waals surface area contributed by atoms with Crippen molar-refractivity contribution in [2.24, 2.45) is 0 Å². The highest BCUT2D eigenvalue weighted by molar-refractivity contribution is 5.98. The molecule has 21 heavy (non-hydrogen) atoms. The van der Waals surface area contributed by atoms with Crippen LogP contribution < -0.4 is 19.5 Å². The van der Waals surface area contributed by atoms with E-state index in [4.69, 9.17) is 19.3 Å². The van der Waals surface area contributed by atoms with Crippen molar-refractivity contribution in [2.75, 3.05) is 27.9 Å². The summed E-state index contributed by atoms with van der Waals surface area (Å²) in [6, 6.07) is 3.17. The molecule has 7 heteroatoms. The first kappa shape index (κ1) is 16.6. The average molecular weight is 297 g/mol. The van der Waals surface area contributed by atoms with Gasteiger partial charge in [-0.1, -0.05) is 0 Å². The zero-order valence-electron chi connectivity index (χ0n) is 12.3. The Kier molecular flexibility index (Phi) is 6.32. The molecule has 1 aromatic rings. The fourth-order valence-electron chi connectivity index (χ4n) is 1.82. The fourth-order valence-corrected chi connectivity index (χ4v) is 1.82. The Balaban J connectivity index is 2.86. The first-order valence-electron chi connectivity index (χ1n) is 6.34. The molecule has 116 valence electrons. The molecule has 0 unspecified atom stereocenters. The second-order valence-corrected chi connectivity index (χ2v) is 4.14. The van der Waals surface area contributed by atoms with Crippen molar-refractivity contribution in [3.63, 3.8) is 0 Å². The van der Waals surface area contributed by atoms with Gasteiger partial charge in [0.2, 0.25) is 5.75 Å². The van der Waals surface area contributed by atoms with Crippen molar-refractivity contribution in [1.29, 1.82) is 0 Å². The lowest BCUT2D eigenvalue weighted by molar-refractivity contribution is -0.137. The lowest BCUT2D eigenvalue weighted by atomic mass is 10.1. The van der Waals surface area contributed by atoms with E-state index < -0.39 is 5.97 Å². The van der Waals surface area contributed by atoms with Gasteiger partial charge in [0.1, 0.15) is 0 Å². The molecule has 0 radical (unpaired) electrons. The van der Waals surface area contributed by atoms with Crippen molar-refractivity contribution in [1.82, 2.24) is 5.32 Å². The number of nitrogens with one attached hydrogen (secondary N) is 1. The minimum absolute atomic E-state index is 0.00332. The van der Waals surface area contributed by atoms with Crippen LogP contribution >= 0.6 is 0 Å². The van der Waals surface area contributed by atoms with E-state index in [2.05, 4.69) is 5.32 Å². The Morgan fingerprint density at radius 3 is 2.29 bits per heavy atom. The Bertz CT molecular complexity index is 514. The molecule has 1 rings (SSSR count). The number of carboxylic acid groups (broad SMARTS) is 1.